The Morgan fingerprint density at radius 1 is 0.812 bits per heavy atom. The van der Waals surface area contributed by atoms with E-state index in [0.29, 0.717) is 33.9 Å². The summed E-state index contributed by atoms with van der Waals surface area (Å²) in [6.07, 6.45) is 0.833. The fraction of sp³-hybridized carbons (Fsp3) is 0.0769. The van der Waals surface area contributed by atoms with Crippen LogP contribution in [0.25, 0.3) is 33.3 Å². The minimum atomic E-state index is -0.489. The lowest BCUT2D eigenvalue weighted by molar-refractivity contribution is 0.262. The van der Waals surface area contributed by atoms with Gasteiger partial charge in [0.05, 0.1) is 5.69 Å². The summed E-state index contributed by atoms with van der Waals surface area (Å²) in [5.74, 6) is 0.403. The molecule has 6 nitrogen and oxygen atoms in total. The maximum atomic E-state index is 12.8. The Morgan fingerprint density at radius 2 is 1.56 bits per heavy atom. The van der Waals surface area contributed by atoms with Crippen LogP contribution in [0.5, 0.6) is 0 Å². The molecule has 158 valence electrons. The highest BCUT2D eigenvalue weighted by atomic mass is 16.4. The molecule has 2 aromatic heterocycles. The van der Waals surface area contributed by atoms with Crippen molar-refractivity contribution in [2.75, 3.05) is 10.6 Å². The van der Waals surface area contributed by atoms with Gasteiger partial charge in [-0.05, 0) is 48.4 Å². The summed E-state index contributed by atoms with van der Waals surface area (Å²) in [5, 5.41) is 7.22. The van der Waals surface area contributed by atoms with Crippen LogP contribution >= 0.6 is 0 Å². The van der Waals surface area contributed by atoms with Crippen LogP contribution in [0.4, 0.5) is 16.2 Å². The molecule has 32 heavy (non-hydrogen) atoms. The normalized spacial score (nSPS) is 11.0. The molecule has 2 heterocycles. The van der Waals surface area contributed by atoms with Crippen molar-refractivity contribution in [1.29, 1.82) is 0 Å². The SMILES string of the molecule is CCc1ccc2oc(=O)cc(-c3oc4ccccc4c3NC(=O)Nc3ccccc3)c2c1. The van der Waals surface area contributed by atoms with Crippen LogP contribution in [-0.2, 0) is 6.42 Å². The first kappa shape index (κ1) is 19.6. The van der Waals surface area contributed by atoms with Gasteiger partial charge >= 0.3 is 11.7 Å². The number of nitrogens with one attached hydrogen (secondary N) is 2. The molecule has 0 radical (unpaired) electrons. The minimum absolute atomic E-state index is 0.403. The van der Waals surface area contributed by atoms with E-state index in [0.717, 1.165) is 22.8 Å². The van der Waals surface area contributed by atoms with E-state index >= 15 is 0 Å². The Labute approximate surface area is 183 Å². The predicted octanol–water partition coefficient (Wildman–Crippen LogP) is 6.41. The Morgan fingerprint density at radius 3 is 2.38 bits per heavy atom. The highest BCUT2D eigenvalue weighted by molar-refractivity contribution is 6.11. The second-order valence-corrected chi connectivity index (χ2v) is 7.41. The number of urea groups is 1. The van der Waals surface area contributed by atoms with Crippen molar-refractivity contribution >= 4 is 39.3 Å². The number of aryl methyl sites for hydroxylation is 1. The van der Waals surface area contributed by atoms with E-state index in [4.69, 9.17) is 8.83 Å². The summed E-state index contributed by atoms with van der Waals surface area (Å²) in [6.45, 7) is 2.06. The third-order valence-electron chi connectivity index (χ3n) is 5.33. The molecule has 2 amide bonds. The summed E-state index contributed by atoms with van der Waals surface area (Å²) in [7, 11) is 0. The van der Waals surface area contributed by atoms with E-state index in [1.807, 2.05) is 54.6 Å². The molecular formula is C26H20N2O4. The van der Waals surface area contributed by atoms with E-state index < -0.39 is 11.7 Å². The molecule has 0 aliphatic carbocycles. The van der Waals surface area contributed by atoms with Gasteiger partial charge in [-0.15, -0.1) is 0 Å². The molecule has 5 aromatic rings. The van der Waals surface area contributed by atoms with Crippen molar-refractivity contribution in [3.63, 3.8) is 0 Å². The fourth-order valence-electron chi connectivity index (χ4n) is 3.77. The standard InChI is InChI=1S/C26H20N2O4/c1-2-16-12-13-22-19(14-16)20(15-23(29)31-22)25-24(18-10-6-7-11-21(18)32-25)28-26(30)27-17-8-4-3-5-9-17/h3-15H,2H2,1H3,(H2,27,28,30). The number of hydrogen-bond donors (Lipinski definition) is 2. The van der Waals surface area contributed by atoms with E-state index in [-0.39, 0.29) is 0 Å². The molecule has 6 heteroatoms. The molecular weight excluding hydrogens is 404 g/mol. The highest BCUT2D eigenvalue weighted by Gasteiger charge is 2.21. The van der Waals surface area contributed by atoms with Gasteiger partial charge in [-0.3, -0.25) is 0 Å². The molecule has 5 rings (SSSR count). The lowest BCUT2D eigenvalue weighted by Gasteiger charge is -2.10. The van der Waals surface area contributed by atoms with Crippen LogP contribution in [0.15, 0.2) is 92.5 Å². The van der Waals surface area contributed by atoms with Gasteiger partial charge in [0, 0.05) is 28.1 Å². The van der Waals surface area contributed by atoms with Gasteiger partial charge < -0.3 is 19.5 Å². The smallest absolute Gasteiger partial charge is 0.336 e. The van der Waals surface area contributed by atoms with Crippen molar-refractivity contribution in [3.8, 4) is 11.3 Å². The molecule has 2 N–H and O–H groups in total. The van der Waals surface area contributed by atoms with Crippen LogP contribution in [0, 0.1) is 0 Å². The Bertz CT molecular complexity index is 1500. The molecule has 0 atom stereocenters. The van der Waals surface area contributed by atoms with Crippen molar-refractivity contribution < 1.29 is 13.6 Å². The number of furan rings is 1. The maximum Gasteiger partial charge on any atom is 0.336 e. The molecule has 3 aromatic carbocycles. The highest BCUT2D eigenvalue weighted by Crippen LogP contribution is 2.40. The number of anilines is 2. The van der Waals surface area contributed by atoms with Gasteiger partial charge in [0.2, 0.25) is 0 Å². The zero-order chi connectivity index (χ0) is 22.1. The Hall–Kier alpha value is -4.32. The summed E-state index contributed by atoms with van der Waals surface area (Å²) >= 11 is 0. The molecule has 0 bridgehead atoms. The molecule has 0 saturated heterocycles. The first-order valence-corrected chi connectivity index (χ1v) is 10.3. The molecule has 0 saturated carbocycles. The Kier molecular flexibility index (Phi) is 4.95. The average molecular weight is 424 g/mol. The summed E-state index contributed by atoms with van der Waals surface area (Å²) in [4.78, 5) is 25.1. The number of fused-ring (bicyclic) bond motifs is 2. The Balaban J connectivity index is 1.67. The number of hydrogen-bond acceptors (Lipinski definition) is 4. The first-order chi connectivity index (χ1) is 15.6. The third-order valence-corrected chi connectivity index (χ3v) is 5.33. The van der Waals surface area contributed by atoms with Gasteiger partial charge in [-0.25, -0.2) is 9.59 Å². The van der Waals surface area contributed by atoms with Crippen LogP contribution < -0.4 is 16.3 Å². The number of rotatable bonds is 4. The molecule has 0 fully saturated rings. The number of carbonyl (C=O) groups is 1. The van der Waals surface area contributed by atoms with Crippen LogP contribution in [-0.4, -0.2) is 6.03 Å². The van der Waals surface area contributed by atoms with E-state index in [1.54, 1.807) is 18.2 Å². The van der Waals surface area contributed by atoms with Crippen molar-refractivity contribution in [2.45, 2.75) is 13.3 Å². The van der Waals surface area contributed by atoms with Crippen LogP contribution in [0.1, 0.15) is 12.5 Å². The van der Waals surface area contributed by atoms with Crippen molar-refractivity contribution in [3.05, 3.63) is 94.8 Å². The summed E-state index contributed by atoms with van der Waals surface area (Å²) < 4.78 is 11.6. The molecule has 0 spiro atoms. The molecule has 0 unspecified atom stereocenters. The average Bonchev–Trinajstić information content (AvgIpc) is 3.17. The fourth-order valence-corrected chi connectivity index (χ4v) is 3.77. The quantitative estimate of drug-likeness (QED) is 0.326. The second-order valence-electron chi connectivity index (χ2n) is 7.41. The maximum absolute atomic E-state index is 12.8. The lowest BCUT2D eigenvalue weighted by Crippen LogP contribution is -2.19. The summed E-state index contributed by atoms with van der Waals surface area (Å²) in [6, 6.07) is 23.3. The zero-order valence-corrected chi connectivity index (χ0v) is 17.3. The molecule has 0 aliphatic rings. The number of amides is 2. The predicted molar refractivity (Wildman–Crippen MR) is 126 cm³/mol. The second kappa shape index (κ2) is 8.07. The van der Waals surface area contributed by atoms with E-state index in [9.17, 15) is 9.59 Å². The van der Waals surface area contributed by atoms with Crippen LogP contribution in [0.2, 0.25) is 0 Å². The van der Waals surface area contributed by atoms with Crippen LogP contribution in [0.3, 0.4) is 0 Å². The van der Waals surface area contributed by atoms with E-state index in [2.05, 4.69) is 17.6 Å². The number of carbonyl (C=O) groups excluding carboxylic acids is 1. The van der Waals surface area contributed by atoms with Gasteiger partial charge in [-0.2, -0.15) is 0 Å². The largest absolute Gasteiger partial charge is 0.454 e. The lowest BCUT2D eigenvalue weighted by atomic mass is 10.0. The van der Waals surface area contributed by atoms with Crippen molar-refractivity contribution in [1.82, 2.24) is 0 Å². The van der Waals surface area contributed by atoms with Gasteiger partial charge in [0.15, 0.2) is 5.76 Å². The first-order valence-electron chi connectivity index (χ1n) is 10.3. The zero-order valence-electron chi connectivity index (χ0n) is 17.3. The topological polar surface area (TPSA) is 84.5 Å². The minimum Gasteiger partial charge on any atom is -0.454 e. The number of para-hydroxylation sites is 2. The van der Waals surface area contributed by atoms with Gasteiger partial charge in [-0.1, -0.05) is 43.3 Å². The van der Waals surface area contributed by atoms with Crippen molar-refractivity contribution in [2.24, 2.45) is 0 Å². The van der Waals surface area contributed by atoms with Gasteiger partial charge in [0.1, 0.15) is 11.2 Å². The molecule has 0 aliphatic heterocycles. The van der Waals surface area contributed by atoms with E-state index in [1.165, 1.54) is 6.07 Å². The van der Waals surface area contributed by atoms with Gasteiger partial charge in [0.25, 0.3) is 0 Å². The summed E-state index contributed by atoms with van der Waals surface area (Å²) in [5.41, 5.74) is 3.39. The third kappa shape index (κ3) is 3.63. The monoisotopic (exact) mass is 424 g/mol. The number of benzene rings is 3.